The van der Waals surface area contributed by atoms with Crippen molar-refractivity contribution in [1.82, 2.24) is 14.9 Å². The Morgan fingerprint density at radius 3 is 2.76 bits per heavy atom. The lowest BCUT2D eigenvalue weighted by molar-refractivity contribution is -0.129. The number of rotatable bonds is 7. The number of likely N-dealkylation sites (N-methyl/N-ethyl adjacent to an activating group) is 1. The van der Waals surface area contributed by atoms with Crippen LogP contribution >= 0.6 is 0 Å². The van der Waals surface area contributed by atoms with Gasteiger partial charge in [-0.1, -0.05) is 6.92 Å². The second-order valence-electron chi connectivity index (χ2n) is 4.24. The van der Waals surface area contributed by atoms with E-state index in [1.54, 1.807) is 4.90 Å². The Hall–Kier alpha value is -0.660. The van der Waals surface area contributed by atoms with Crippen LogP contribution in [0.3, 0.4) is 0 Å². The van der Waals surface area contributed by atoms with Gasteiger partial charge < -0.3 is 10.2 Å². The van der Waals surface area contributed by atoms with Gasteiger partial charge in [-0.3, -0.25) is 4.79 Å². The molecule has 17 heavy (non-hydrogen) atoms. The maximum atomic E-state index is 11.8. The summed E-state index contributed by atoms with van der Waals surface area (Å²) in [6.07, 6.45) is 2.62. The van der Waals surface area contributed by atoms with Gasteiger partial charge in [0, 0.05) is 19.6 Å². The molecule has 0 aromatic rings. The van der Waals surface area contributed by atoms with Gasteiger partial charge >= 0.3 is 0 Å². The fourth-order valence-electron chi connectivity index (χ4n) is 1.92. The van der Waals surface area contributed by atoms with Crippen molar-refractivity contribution in [2.24, 2.45) is 0 Å². The number of nitrogens with zero attached hydrogens (tertiary/aromatic N) is 1. The molecular formula is C10H21N3O3S. The number of carbonyl (C=O) groups excluding carboxylic acids is 1. The standard InChI is InChI=1S/C10H21N3O3S/c1-3-11-9-5-8-13(10(9)14)7-4-6-12-17(2,15)16/h9,11-12H,3-8H2,1-2H3. The Bertz CT molecular complexity index is 356. The second kappa shape index (κ2) is 6.32. The third-order valence-electron chi connectivity index (χ3n) is 2.72. The van der Waals surface area contributed by atoms with E-state index in [-0.39, 0.29) is 11.9 Å². The first-order valence-corrected chi connectivity index (χ1v) is 7.80. The maximum absolute atomic E-state index is 11.8. The molecule has 7 heteroatoms. The summed E-state index contributed by atoms with van der Waals surface area (Å²) in [6.45, 7) is 4.53. The fourth-order valence-corrected chi connectivity index (χ4v) is 2.44. The van der Waals surface area contributed by atoms with Crippen LogP contribution in [0.5, 0.6) is 0 Å². The van der Waals surface area contributed by atoms with Crippen LogP contribution in [-0.2, 0) is 14.8 Å². The van der Waals surface area contributed by atoms with Gasteiger partial charge in [-0.05, 0) is 19.4 Å². The van der Waals surface area contributed by atoms with Crippen molar-refractivity contribution < 1.29 is 13.2 Å². The van der Waals surface area contributed by atoms with Crippen molar-refractivity contribution in [3.05, 3.63) is 0 Å². The summed E-state index contributed by atoms with van der Waals surface area (Å²) < 4.78 is 24.1. The molecule has 1 heterocycles. The Kier molecular flexibility index (Phi) is 5.35. The highest BCUT2D eigenvalue weighted by molar-refractivity contribution is 7.88. The number of sulfonamides is 1. The number of likely N-dealkylation sites (tertiary alicyclic amines) is 1. The van der Waals surface area contributed by atoms with Crippen LogP contribution in [0.2, 0.25) is 0 Å². The first-order valence-electron chi connectivity index (χ1n) is 5.91. The lowest BCUT2D eigenvalue weighted by Gasteiger charge is -2.16. The van der Waals surface area contributed by atoms with Crippen LogP contribution in [0.4, 0.5) is 0 Å². The lowest BCUT2D eigenvalue weighted by atomic mass is 10.2. The zero-order chi connectivity index (χ0) is 12.9. The van der Waals surface area contributed by atoms with Gasteiger partial charge in [0.25, 0.3) is 0 Å². The normalized spacial score (nSPS) is 21.2. The van der Waals surface area contributed by atoms with Crippen molar-refractivity contribution in [2.45, 2.75) is 25.8 Å². The molecule has 1 aliphatic rings. The molecule has 0 aromatic heterocycles. The van der Waals surface area contributed by atoms with E-state index < -0.39 is 10.0 Å². The van der Waals surface area contributed by atoms with Gasteiger partial charge in [0.05, 0.1) is 12.3 Å². The number of carbonyl (C=O) groups is 1. The highest BCUT2D eigenvalue weighted by atomic mass is 32.2. The third kappa shape index (κ3) is 5.01. The van der Waals surface area contributed by atoms with Crippen LogP contribution in [0.25, 0.3) is 0 Å². The molecule has 1 aliphatic heterocycles. The molecule has 1 atom stereocenters. The van der Waals surface area contributed by atoms with E-state index in [0.29, 0.717) is 19.5 Å². The van der Waals surface area contributed by atoms with Crippen LogP contribution in [0.1, 0.15) is 19.8 Å². The molecule has 0 spiro atoms. The monoisotopic (exact) mass is 263 g/mol. The molecule has 0 bridgehead atoms. The zero-order valence-electron chi connectivity index (χ0n) is 10.4. The predicted octanol–water partition coefficient (Wildman–Crippen LogP) is -0.864. The molecule has 0 aromatic carbocycles. The van der Waals surface area contributed by atoms with Crippen molar-refractivity contribution in [1.29, 1.82) is 0 Å². The van der Waals surface area contributed by atoms with Crippen LogP contribution in [0.15, 0.2) is 0 Å². The zero-order valence-corrected chi connectivity index (χ0v) is 11.2. The van der Waals surface area contributed by atoms with Crippen molar-refractivity contribution in [3.63, 3.8) is 0 Å². The molecule has 100 valence electrons. The molecule has 1 saturated heterocycles. The molecule has 1 unspecified atom stereocenters. The van der Waals surface area contributed by atoms with Gasteiger partial charge in [0.2, 0.25) is 15.9 Å². The predicted molar refractivity (Wildman–Crippen MR) is 66.1 cm³/mol. The molecule has 1 fully saturated rings. The highest BCUT2D eigenvalue weighted by Crippen LogP contribution is 2.11. The topological polar surface area (TPSA) is 78.5 Å². The minimum absolute atomic E-state index is 0.0529. The number of hydrogen-bond acceptors (Lipinski definition) is 4. The molecular weight excluding hydrogens is 242 g/mol. The molecule has 1 rings (SSSR count). The Morgan fingerprint density at radius 2 is 2.18 bits per heavy atom. The fraction of sp³-hybridized carbons (Fsp3) is 0.900. The van der Waals surface area contributed by atoms with E-state index in [1.807, 2.05) is 6.92 Å². The summed E-state index contributed by atoms with van der Waals surface area (Å²) in [5, 5.41) is 3.14. The van der Waals surface area contributed by atoms with Gasteiger partial charge in [0.1, 0.15) is 0 Å². The summed E-state index contributed by atoms with van der Waals surface area (Å²) in [5.41, 5.74) is 0. The van der Waals surface area contributed by atoms with E-state index in [2.05, 4.69) is 10.0 Å². The smallest absolute Gasteiger partial charge is 0.239 e. The molecule has 2 N–H and O–H groups in total. The number of hydrogen-bond donors (Lipinski definition) is 2. The van der Waals surface area contributed by atoms with Crippen molar-refractivity contribution in [2.75, 3.05) is 32.4 Å². The molecule has 0 radical (unpaired) electrons. The first-order chi connectivity index (χ1) is 7.94. The summed E-state index contributed by atoms with van der Waals surface area (Å²) in [4.78, 5) is 13.6. The van der Waals surface area contributed by atoms with E-state index in [1.165, 1.54) is 0 Å². The summed E-state index contributed by atoms with van der Waals surface area (Å²) in [7, 11) is -3.12. The minimum atomic E-state index is -3.12. The molecule has 0 aliphatic carbocycles. The van der Waals surface area contributed by atoms with Crippen molar-refractivity contribution >= 4 is 15.9 Å². The Labute approximate surface area is 103 Å². The van der Waals surface area contributed by atoms with Crippen molar-refractivity contribution in [3.8, 4) is 0 Å². The number of amides is 1. The van der Waals surface area contributed by atoms with E-state index >= 15 is 0 Å². The van der Waals surface area contributed by atoms with Gasteiger partial charge in [-0.25, -0.2) is 13.1 Å². The van der Waals surface area contributed by atoms with Crippen LogP contribution in [-0.4, -0.2) is 57.7 Å². The minimum Gasteiger partial charge on any atom is -0.341 e. The quantitative estimate of drug-likeness (QED) is 0.586. The van der Waals surface area contributed by atoms with E-state index in [4.69, 9.17) is 0 Å². The van der Waals surface area contributed by atoms with E-state index in [9.17, 15) is 13.2 Å². The Morgan fingerprint density at radius 1 is 1.47 bits per heavy atom. The summed E-state index contributed by atoms with van der Waals surface area (Å²) in [6, 6.07) is -0.0529. The van der Waals surface area contributed by atoms with E-state index in [0.717, 1.165) is 25.8 Å². The maximum Gasteiger partial charge on any atom is 0.239 e. The molecule has 6 nitrogen and oxygen atoms in total. The first kappa shape index (κ1) is 14.4. The average Bonchev–Trinajstić information content (AvgIpc) is 2.55. The van der Waals surface area contributed by atoms with Gasteiger partial charge in [-0.15, -0.1) is 0 Å². The van der Waals surface area contributed by atoms with Crippen LogP contribution in [0, 0.1) is 0 Å². The van der Waals surface area contributed by atoms with Gasteiger partial charge in [0.15, 0.2) is 0 Å². The number of nitrogens with one attached hydrogen (secondary N) is 2. The van der Waals surface area contributed by atoms with Crippen LogP contribution < -0.4 is 10.0 Å². The summed E-state index contributed by atoms with van der Waals surface area (Å²) in [5.74, 6) is 0.131. The average molecular weight is 263 g/mol. The van der Waals surface area contributed by atoms with Gasteiger partial charge in [-0.2, -0.15) is 0 Å². The highest BCUT2D eigenvalue weighted by Gasteiger charge is 2.29. The second-order valence-corrected chi connectivity index (χ2v) is 6.08. The molecule has 0 saturated carbocycles. The molecule has 1 amide bonds. The largest absolute Gasteiger partial charge is 0.341 e. The summed E-state index contributed by atoms with van der Waals surface area (Å²) >= 11 is 0. The lowest BCUT2D eigenvalue weighted by Crippen LogP contribution is -2.39. The Balaban J connectivity index is 2.23. The SMILES string of the molecule is CCNC1CCN(CCCNS(C)(=O)=O)C1=O. The third-order valence-corrected chi connectivity index (χ3v) is 3.45.